The number of rotatable bonds is 2. The third-order valence-electron chi connectivity index (χ3n) is 4.85. The van der Waals surface area contributed by atoms with Gasteiger partial charge in [-0.3, -0.25) is 4.90 Å². The fraction of sp³-hybridized carbons (Fsp3) is 1.00. The van der Waals surface area contributed by atoms with E-state index in [4.69, 9.17) is 0 Å². The van der Waals surface area contributed by atoms with E-state index in [1.165, 1.54) is 58.2 Å². The minimum absolute atomic E-state index is 0.825. The van der Waals surface area contributed by atoms with Crippen molar-refractivity contribution in [3.05, 3.63) is 0 Å². The van der Waals surface area contributed by atoms with E-state index in [1.54, 1.807) is 0 Å². The molecule has 16 heavy (non-hydrogen) atoms. The predicted molar refractivity (Wildman–Crippen MR) is 67.5 cm³/mol. The Morgan fingerprint density at radius 3 is 2.75 bits per heavy atom. The molecule has 3 unspecified atom stereocenters. The van der Waals surface area contributed by atoms with Crippen molar-refractivity contribution in [2.24, 2.45) is 11.8 Å². The SMILES string of the molecule is CC1CCCC(N2CCNC(C3CC3)C2)C1. The molecule has 1 N–H and O–H groups in total. The van der Waals surface area contributed by atoms with E-state index in [1.807, 2.05) is 0 Å². The highest BCUT2D eigenvalue weighted by Crippen LogP contribution is 2.35. The molecule has 3 aliphatic rings. The summed E-state index contributed by atoms with van der Waals surface area (Å²) >= 11 is 0. The van der Waals surface area contributed by atoms with Crippen molar-refractivity contribution < 1.29 is 0 Å². The highest BCUT2D eigenvalue weighted by atomic mass is 15.2. The zero-order chi connectivity index (χ0) is 11.0. The van der Waals surface area contributed by atoms with Crippen molar-refractivity contribution in [1.29, 1.82) is 0 Å². The standard InChI is InChI=1S/C14H26N2/c1-11-3-2-4-13(9-11)16-8-7-15-14(10-16)12-5-6-12/h11-15H,2-10H2,1H3. The molecule has 1 aliphatic heterocycles. The summed E-state index contributed by atoms with van der Waals surface area (Å²) in [5, 5.41) is 3.72. The van der Waals surface area contributed by atoms with Gasteiger partial charge in [0.2, 0.25) is 0 Å². The third-order valence-corrected chi connectivity index (χ3v) is 4.85. The monoisotopic (exact) mass is 222 g/mol. The predicted octanol–water partition coefficient (Wildman–Crippen LogP) is 2.25. The van der Waals surface area contributed by atoms with Crippen LogP contribution in [-0.4, -0.2) is 36.6 Å². The lowest BCUT2D eigenvalue weighted by Crippen LogP contribution is -2.55. The maximum absolute atomic E-state index is 3.72. The molecule has 0 amide bonds. The molecular weight excluding hydrogens is 196 g/mol. The van der Waals surface area contributed by atoms with Crippen molar-refractivity contribution in [2.75, 3.05) is 19.6 Å². The summed E-state index contributed by atoms with van der Waals surface area (Å²) in [6.07, 6.45) is 8.80. The van der Waals surface area contributed by atoms with Crippen molar-refractivity contribution in [3.63, 3.8) is 0 Å². The van der Waals surface area contributed by atoms with Gasteiger partial charge in [-0.15, -0.1) is 0 Å². The fourth-order valence-corrected chi connectivity index (χ4v) is 3.68. The molecule has 2 saturated carbocycles. The van der Waals surface area contributed by atoms with E-state index < -0.39 is 0 Å². The molecule has 3 fully saturated rings. The summed E-state index contributed by atoms with van der Waals surface area (Å²) in [5.41, 5.74) is 0. The van der Waals surface area contributed by atoms with E-state index in [-0.39, 0.29) is 0 Å². The maximum Gasteiger partial charge on any atom is 0.0223 e. The summed E-state index contributed by atoms with van der Waals surface area (Å²) in [6.45, 7) is 6.29. The Morgan fingerprint density at radius 2 is 2.00 bits per heavy atom. The molecule has 1 heterocycles. The molecule has 3 atom stereocenters. The Hall–Kier alpha value is -0.0800. The molecule has 0 aromatic heterocycles. The average molecular weight is 222 g/mol. The van der Waals surface area contributed by atoms with Crippen LogP contribution in [0.2, 0.25) is 0 Å². The molecule has 0 bridgehead atoms. The van der Waals surface area contributed by atoms with E-state index in [0.29, 0.717) is 0 Å². The van der Waals surface area contributed by atoms with Crippen molar-refractivity contribution >= 4 is 0 Å². The zero-order valence-electron chi connectivity index (χ0n) is 10.6. The molecular formula is C14H26N2. The first-order valence-electron chi connectivity index (χ1n) is 7.30. The van der Waals surface area contributed by atoms with Crippen LogP contribution in [0.5, 0.6) is 0 Å². The van der Waals surface area contributed by atoms with Crippen LogP contribution in [0.15, 0.2) is 0 Å². The minimum Gasteiger partial charge on any atom is -0.311 e. The number of hydrogen-bond donors (Lipinski definition) is 1. The molecule has 0 spiro atoms. The lowest BCUT2D eigenvalue weighted by atomic mass is 9.85. The summed E-state index contributed by atoms with van der Waals surface area (Å²) in [6, 6.07) is 1.73. The maximum atomic E-state index is 3.72. The van der Waals surface area contributed by atoms with E-state index >= 15 is 0 Å². The van der Waals surface area contributed by atoms with E-state index in [2.05, 4.69) is 17.1 Å². The first-order valence-corrected chi connectivity index (χ1v) is 7.30. The van der Waals surface area contributed by atoms with Crippen LogP contribution in [0.25, 0.3) is 0 Å². The fourth-order valence-electron chi connectivity index (χ4n) is 3.68. The molecule has 1 saturated heterocycles. The third kappa shape index (κ3) is 2.43. The second-order valence-electron chi connectivity index (χ2n) is 6.32. The topological polar surface area (TPSA) is 15.3 Å². The molecule has 2 aliphatic carbocycles. The zero-order valence-corrected chi connectivity index (χ0v) is 10.6. The Bertz CT molecular complexity index is 237. The van der Waals surface area contributed by atoms with Gasteiger partial charge in [-0.2, -0.15) is 0 Å². The van der Waals surface area contributed by atoms with Crippen LogP contribution in [0.3, 0.4) is 0 Å². The summed E-state index contributed by atoms with van der Waals surface area (Å²) in [7, 11) is 0. The molecule has 0 aromatic carbocycles. The number of nitrogens with zero attached hydrogens (tertiary/aromatic N) is 1. The lowest BCUT2D eigenvalue weighted by molar-refractivity contribution is 0.0951. The highest BCUT2D eigenvalue weighted by molar-refractivity contribution is 4.93. The number of piperazine rings is 1. The van der Waals surface area contributed by atoms with Crippen LogP contribution in [-0.2, 0) is 0 Å². The van der Waals surface area contributed by atoms with Crippen molar-refractivity contribution in [1.82, 2.24) is 10.2 Å². The summed E-state index contributed by atoms with van der Waals surface area (Å²) < 4.78 is 0. The molecule has 92 valence electrons. The van der Waals surface area contributed by atoms with Crippen LogP contribution in [0.4, 0.5) is 0 Å². The number of nitrogens with one attached hydrogen (secondary N) is 1. The largest absolute Gasteiger partial charge is 0.311 e. The smallest absolute Gasteiger partial charge is 0.0223 e. The molecule has 0 radical (unpaired) electrons. The first-order chi connectivity index (χ1) is 7.83. The van der Waals surface area contributed by atoms with Gasteiger partial charge in [-0.25, -0.2) is 0 Å². The van der Waals surface area contributed by atoms with Crippen LogP contribution < -0.4 is 5.32 Å². The van der Waals surface area contributed by atoms with Crippen LogP contribution in [0, 0.1) is 11.8 Å². The summed E-state index contributed by atoms with van der Waals surface area (Å²) in [5.74, 6) is 1.98. The van der Waals surface area contributed by atoms with Crippen molar-refractivity contribution in [3.8, 4) is 0 Å². The van der Waals surface area contributed by atoms with Gasteiger partial charge in [0.25, 0.3) is 0 Å². The van der Waals surface area contributed by atoms with Crippen LogP contribution in [0.1, 0.15) is 45.4 Å². The van der Waals surface area contributed by atoms with Gasteiger partial charge >= 0.3 is 0 Å². The minimum atomic E-state index is 0.825. The number of hydrogen-bond acceptors (Lipinski definition) is 2. The quantitative estimate of drug-likeness (QED) is 0.771. The van der Waals surface area contributed by atoms with Crippen LogP contribution >= 0.6 is 0 Å². The van der Waals surface area contributed by atoms with E-state index in [0.717, 1.165) is 23.9 Å². The normalized spacial score (nSPS) is 42.2. The Balaban J connectivity index is 1.56. The average Bonchev–Trinajstić information content (AvgIpc) is 3.13. The Kier molecular flexibility index (Phi) is 3.21. The van der Waals surface area contributed by atoms with Gasteiger partial charge in [0.05, 0.1) is 0 Å². The summed E-state index contributed by atoms with van der Waals surface area (Å²) in [4.78, 5) is 2.80. The second-order valence-corrected chi connectivity index (χ2v) is 6.32. The van der Waals surface area contributed by atoms with Gasteiger partial charge in [-0.05, 0) is 37.5 Å². The highest BCUT2D eigenvalue weighted by Gasteiger charge is 2.36. The van der Waals surface area contributed by atoms with E-state index in [9.17, 15) is 0 Å². The Labute approximate surface area is 99.8 Å². The molecule has 3 rings (SSSR count). The van der Waals surface area contributed by atoms with Gasteiger partial charge in [0.1, 0.15) is 0 Å². The van der Waals surface area contributed by atoms with Gasteiger partial charge in [-0.1, -0.05) is 19.8 Å². The molecule has 2 heteroatoms. The molecule has 2 nitrogen and oxygen atoms in total. The van der Waals surface area contributed by atoms with Gasteiger partial charge in [0, 0.05) is 31.7 Å². The van der Waals surface area contributed by atoms with Gasteiger partial charge < -0.3 is 5.32 Å². The van der Waals surface area contributed by atoms with Crippen molar-refractivity contribution in [2.45, 2.75) is 57.5 Å². The molecule has 0 aromatic rings. The second kappa shape index (κ2) is 4.66. The van der Waals surface area contributed by atoms with Gasteiger partial charge in [0.15, 0.2) is 0 Å². The Morgan fingerprint density at radius 1 is 1.12 bits per heavy atom. The lowest BCUT2D eigenvalue weighted by Gasteiger charge is -2.42. The first kappa shape index (κ1) is 11.0.